The number of hydrogen-bond donors (Lipinski definition) is 1. The molecule has 1 aromatic heterocycles. The number of sulfonamides is 1. The summed E-state index contributed by atoms with van der Waals surface area (Å²) in [6.07, 6.45) is -1.40. The highest BCUT2D eigenvalue weighted by Crippen LogP contribution is 2.36. The number of halogens is 3. The number of amides is 1. The number of hydrogen-bond acceptors (Lipinski definition) is 5. The summed E-state index contributed by atoms with van der Waals surface area (Å²) < 4.78 is 65.9. The zero-order valence-electron chi connectivity index (χ0n) is 16.9. The predicted octanol–water partition coefficient (Wildman–Crippen LogP) is 3.07. The molecular formula is C20H25F3N4O3S. The minimum atomic E-state index is -4.81. The fourth-order valence-corrected chi connectivity index (χ4v) is 3.94. The molecule has 1 fully saturated rings. The lowest BCUT2D eigenvalue weighted by Gasteiger charge is -2.35. The predicted molar refractivity (Wildman–Crippen MR) is 112 cm³/mol. The number of nitrogens with one attached hydrogen (secondary N) is 1. The van der Waals surface area contributed by atoms with Gasteiger partial charge < -0.3 is 4.90 Å². The third kappa shape index (κ3) is 5.95. The van der Waals surface area contributed by atoms with Gasteiger partial charge in [-0.3, -0.25) is 19.4 Å². The van der Waals surface area contributed by atoms with Crippen molar-refractivity contribution < 1.29 is 27.8 Å². The van der Waals surface area contributed by atoms with Crippen LogP contribution in [0.4, 0.5) is 18.9 Å². The molecular weight excluding hydrogens is 433 g/mol. The molecule has 0 radical (unpaired) electrons. The van der Waals surface area contributed by atoms with Gasteiger partial charge in [0.15, 0.2) is 0 Å². The number of anilines is 1. The summed E-state index contributed by atoms with van der Waals surface area (Å²) in [7, 11) is -3.90. The van der Waals surface area contributed by atoms with E-state index < -0.39 is 33.4 Å². The number of carbonyl (C=O) groups is 1. The number of carbonyl (C=O) groups excluding carboxylic acids is 1. The molecule has 0 atom stereocenters. The van der Waals surface area contributed by atoms with Crippen molar-refractivity contribution in [1.29, 1.82) is 0 Å². The van der Waals surface area contributed by atoms with Crippen molar-refractivity contribution in [2.75, 3.05) is 36.7 Å². The van der Waals surface area contributed by atoms with Gasteiger partial charge in [0, 0.05) is 52.1 Å². The molecule has 1 aliphatic heterocycles. The van der Waals surface area contributed by atoms with Crippen molar-refractivity contribution in [3.05, 3.63) is 59.4 Å². The molecule has 1 aromatic carbocycles. The second kappa shape index (κ2) is 9.23. The summed E-state index contributed by atoms with van der Waals surface area (Å²) in [6, 6.07) is 6.73. The van der Waals surface area contributed by atoms with Gasteiger partial charge in [-0.05, 0) is 42.8 Å². The van der Waals surface area contributed by atoms with Crippen molar-refractivity contribution in [3.8, 4) is 0 Å². The van der Waals surface area contributed by atoms with Crippen molar-refractivity contribution in [1.82, 2.24) is 14.8 Å². The van der Waals surface area contributed by atoms with Gasteiger partial charge in [-0.15, -0.1) is 0 Å². The molecule has 7 nitrogen and oxygen atoms in total. The van der Waals surface area contributed by atoms with Crippen molar-refractivity contribution in [2.24, 2.45) is 0 Å². The molecule has 2 aromatic rings. The Balaban J connectivity index is 0.00000363. The van der Waals surface area contributed by atoms with Crippen LogP contribution in [0.15, 0.2) is 42.7 Å². The van der Waals surface area contributed by atoms with E-state index in [-0.39, 0.29) is 12.7 Å². The van der Waals surface area contributed by atoms with E-state index in [2.05, 4.69) is 9.88 Å². The smallest absolute Gasteiger partial charge is 0.336 e. The molecule has 1 aliphatic rings. The normalized spacial score (nSPS) is 15.7. The summed E-state index contributed by atoms with van der Waals surface area (Å²) in [6.45, 7) is 3.98. The second-order valence-electron chi connectivity index (χ2n) is 7.19. The highest BCUT2D eigenvalue weighted by Gasteiger charge is 2.35. The van der Waals surface area contributed by atoms with E-state index in [1.807, 2.05) is 16.9 Å². The maximum atomic E-state index is 13.5. The molecule has 0 saturated carbocycles. The number of nitrogens with zero attached hydrogens (tertiary/aromatic N) is 3. The topological polar surface area (TPSA) is 82.6 Å². The Morgan fingerprint density at radius 3 is 2.35 bits per heavy atom. The monoisotopic (exact) mass is 458 g/mol. The molecule has 3 rings (SSSR count). The summed E-state index contributed by atoms with van der Waals surface area (Å²) in [5, 5.41) is 0. The van der Waals surface area contributed by atoms with Crippen molar-refractivity contribution >= 4 is 21.6 Å². The Kier molecular flexibility index (Phi) is 6.85. The Morgan fingerprint density at radius 2 is 1.77 bits per heavy atom. The van der Waals surface area contributed by atoms with Crippen LogP contribution < -0.4 is 4.72 Å². The lowest BCUT2D eigenvalue weighted by Crippen LogP contribution is -2.48. The molecule has 0 aliphatic carbocycles. The van der Waals surface area contributed by atoms with Crippen LogP contribution in [-0.2, 0) is 22.7 Å². The molecule has 1 N–H and O–H groups in total. The van der Waals surface area contributed by atoms with Crippen LogP contribution in [0.3, 0.4) is 0 Å². The number of rotatable bonds is 6. The van der Waals surface area contributed by atoms with Gasteiger partial charge in [0.25, 0.3) is 5.91 Å². The maximum absolute atomic E-state index is 13.5. The van der Waals surface area contributed by atoms with E-state index in [1.165, 1.54) is 17.9 Å². The molecule has 0 unspecified atom stereocenters. The maximum Gasteiger partial charge on any atom is 0.418 e. The lowest BCUT2D eigenvalue weighted by atomic mass is 10.1. The van der Waals surface area contributed by atoms with Crippen LogP contribution in [-0.4, -0.2) is 61.0 Å². The number of pyridine rings is 1. The molecule has 1 saturated heterocycles. The summed E-state index contributed by atoms with van der Waals surface area (Å²) in [5.74, 6) is -0.881. The van der Waals surface area contributed by atoms with E-state index in [0.717, 1.165) is 11.6 Å². The molecule has 170 valence electrons. The molecule has 11 heteroatoms. The van der Waals surface area contributed by atoms with E-state index in [9.17, 15) is 26.4 Å². The third-order valence-corrected chi connectivity index (χ3v) is 6.32. The minimum absolute atomic E-state index is 0. The van der Waals surface area contributed by atoms with Gasteiger partial charge in [0.2, 0.25) is 10.0 Å². The van der Waals surface area contributed by atoms with Crippen LogP contribution >= 0.6 is 0 Å². The van der Waals surface area contributed by atoms with E-state index in [0.29, 0.717) is 38.8 Å². The van der Waals surface area contributed by atoms with Gasteiger partial charge in [0.1, 0.15) is 0 Å². The minimum Gasteiger partial charge on any atom is -0.336 e. The van der Waals surface area contributed by atoms with Gasteiger partial charge in [-0.1, -0.05) is 0 Å². The van der Waals surface area contributed by atoms with Gasteiger partial charge in [-0.2, -0.15) is 13.2 Å². The largest absolute Gasteiger partial charge is 0.418 e. The standard InChI is InChI=1S/C20H23F3N4O3S.H2/c1-2-31(29,30)25-18-4-3-16(13-17(18)20(21,22)23)19(28)27-11-9-26(10-12-27)14-15-5-7-24-8-6-15;/h3-8,13,25H,2,9-12,14H2,1H3;1H. The summed E-state index contributed by atoms with van der Waals surface area (Å²) in [5.41, 5.74) is -0.816. The third-order valence-electron chi connectivity index (χ3n) is 5.03. The van der Waals surface area contributed by atoms with Crippen LogP contribution in [0.2, 0.25) is 0 Å². The first-order chi connectivity index (χ1) is 14.6. The Morgan fingerprint density at radius 1 is 1.13 bits per heavy atom. The fraction of sp³-hybridized carbons (Fsp3) is 0.400. The highest BCUT2D eigenvalue weighted by molar-refractivity contribution is 7.92. The van der Waals surface area contributed by atoms with Gasteiger partial charge >= 0.3 is 6.18 Å². The van der Waals surface area contributed by atoms with Gasteiger partial charge in [-0.25, -0.2) is 8.42 Å². The average molecular weight is 459 g/mol. The van der Waals surface area contributed by atoms with E-state index in [1.54, 1.807) is 12.4 Å². The number of alkyl halides is 3. The molecule has 2 heterocycles. The van der Waals surface area contributed by atoms with Gasteiger partial charge in [0.05, 0.1) is 17.0 Å². The molecule has 0 spiro atoms. The fourth-order valence-electron chi connectivity index (χ4n) is 3.28. The van der Waals surface area contributed by atoms with Crippen LogP contribution in [0.5, 0.6) is 0 Å². The van der Waals surface area contributed by atoms with Crippen LogP contribution in [0.25, 0.3) is 0 Å². The summed E-state index contributed by atoms with van der Waals surface area (Å²) >= 11 is 0. The number of benzene rings is 1. The zero-order chi connectivity index (χ0) is 22.6. The second-order valence-corrected chi connectivity index (χ2v) is 9.20. The summed E-state index contributed by atoms with van der Waals surface area (Å²) in [4.78, 5) is 20.4. The Labute approximate surface area is 180 Å². The number of piperazine rings is 1. The first-order valence-electron chi connectivity index (χ1n) is 9.71. The Bertz CT molecular complexity index is 1030. The Hall–Kier alpha value is -2.66. The average Bonchev–Trinajstić information content (AvgIpc) is 2.74. The van der Waals surface area contributed by atoms with Crippen LogP contribution in [0, 0.1) is 0 Å². The highest BCUT2D eigenvalue weighted by atomic mass is 32.2. The quantitative estimate of drug-likeness (QED) is 0.720. The van der Waals surface area contributed by atoms with Crippen molar-refractivity contribution in [2.45, 2.75) is 19.6 Å². The molecule has 0 bridgehead atoms. The number of aromatic nitrogens is 1. The lowest BCUT2D eigenvalue weighted by molar-refractivity contribution is -0.136. The van der Waals surface area contributed by atoms with Crippen LogP contribution in [0.1, 0.15) is 29.8 Å². The molecule has 31 heavy (non-hydrogen) atoms. The van der Waals surface area contributed by atoms with Crippen molar-refractivity contribution in [3.63, 3.8) is 0 Å². The SMILES string of the molecule is CCS(=O)(=O)Nc1ccc(C(=O)N2CCN(Cc3ccncc3)CC2)cc1C(F)(F)F.[HH]. The van der Waals surface area contributed by atoms with E-state index >= 15 is 0 Å². The first kappa shape index (κ1) is 23.0. The molecule has 1 amide bonds. The first-order valence-corrected chi connectivity index (χ1v) is 11.4. The van der Waals surface area contributed by atoms with E-state index in [4.69, 9.17) is 0 Å². The zero-order valence-corrected chi connectivity index (χ0v) is 17.7.